The molecule has 162 valence electrons. The van der Waals surface area contributed by atoms with Crippen molar-refractivity contribution in [2.75, 3.05) is 21.3 Å². The van der Waals surface area contributed by atoms with Gasteiger partial charge < -0.3 is 19.5 Å². The quantitative estimate of drug-likeness (QED) is 0.745. The number of ether oxygens (including phenoxy) is 3. The normalized spacial score (nSPS) is 20.8. The van der Waals surface area contributed by atoms with Gasteiger partial charge in [0.15, 0.2) is 17.3 Å². The molecule has 1 amide bonds. The molecule has 0 aromatic heterocycles. The van der Waals surface area contributed by atoms with Crippen molar-refractivity contribution in [2.45, 2.75) is 31.1 Å². The number of hydrogen-bond donors (Lipinski definition) is 1. The molecule has 0 unspecified atom stereocenters. The molecule has 1 heterocycles. The summed E-state index contributed by atoms with van der Waals surface area (Å²) in [5.74, 6) is 0.896. The van der Waals surface area contributed by atoms with Gasteiger partial charge >= 0.3 is 0 Å². The fraction of sp³-hybridized carbons (Fsp3) is 0.333. The van der Waals surface area contributed by atoms with Gasteiger partial charge in [0.05, 0.1) is 21.3 Å². The van der Waals surface area contributed by atoms with Crippen molar-refractivity contribution in [3.05, 3.63) is 63.8 Å². The number of benzene rings is 2. The third-order valence-corrected chi connectivity index (χ3v) is 6.31. The van der Waals surface area contributed by atoms with E-state index < -0.39 is 0 Å². The van der Waals surface area contributed by atoms with Crippen LogP contribution >= 0.6 is 11.6 Å². The van der Waals surface area contributed by atoms with Crippen molar-refractivity contribution >= 4 is 23.3 Å². The van der Waals surface area contributed by atoms with Gasteiger partial charge in [-0.2, -0.15) is 0 Å². The van der Waals surface area contributed by atoms with E-state index in [4.69, 9.17) is 25.8 Å². The Hall–Kier alpha value is -2.99. The monoisotopic (exact) mass is 441 g/mol. The van der Waals surface area contributed by atoms with E-state index in [2.05, 4.69) is 5.32 Å². The number of halogens is 1. The summed E-state index contributed by atoms with van der Waals surface area (Å²) in [6.07, 6.45) is 1.08. The summed E-state index contributed by atoms with van der Waals surface area (Å²) in [6, 6.07) is 11.2. The van der Waals surface area contributed by atoms with Crippen LogP contribution in [0, 0.1) is 0 Å². The van der Waals surface area contributed by atoms with Crippen LogP contribution in [-0.2, 0) is 9.59 Å². The van der Waals surface area contributed by atoms with Crippen molar-refractivity contribution in [1.82, 2.24) is 5.32 Å². The number of rotatable bonds is 5. The molecule has 0 saturated carbocycles. The highest BCUT2D eigenvalue weighted by Crippen LogP contribution is 2.47. The van der Waals surface area contributed by atoms with E-state index in [0.29, 0.717) is 46.4 Å². The van der Waals surface area contributed by atoms with Crippen LogP contribution in [0.5, 0.6) is 17.2 Å². The summed E-state index contributed by atoms with van der Waals surface area (Å²) in [5, 5.41) is 3.57. The molecule has 1 aliphatic carbocycles. The van der Waals surface area contributed by atoms with Crippen LogP contribution in [0.1, 0.15) is 42.2 Å². The summed E-state index contributed by atoms with van der Waals surface area (Å²) in [6.45, 7) is 0. The van der Waals surface area contributed by atoms with Gasteiger partial charge in [0, 0.05) is 35.1 Å². The molecule has 0 bridgehead atoms. The number of hydrogen-bond acceptors (Lipinski definition) is 5. The Morgan fingerprint density at radius 2 is 1.61 bits per heavy atom. The Bertz CT molecular complexity index is 1050. The van der Waals surface area contributed by atoms with Gasteiger partial charge in [-0.1, -0.05) is 29.8 Å². The topological polar surface area (TPSA) is 73.9 Å². The van der Waals surface area contributed by atoms with Crippen molar-refractivity contribution in [3.8, 4) is 17.2 Å². The zero-order valence-corrected chi connectivity index (χ0v) is 18.4. The zero-order valence-electron chi connectivity index (χ0n) is 17.7. The van der Waals surface area contributed by atoms with Crippen LogP contribution < -0.4 is 19.5 Å². The minimum absolute atomic E-state index is 0.0184. The molecule has 4 rings (SSSR count). The second-order valence-corrected chi connectivity index (χ2v) is 8.11. The average molecular weight is 442 g/mol. The van der Waals surface area contributed by atoms with Gasteiger partial charge in [0.1, 0.15) is 0 Å². The molecular formula is C24H24ClNO5. The molecule has 0 saturated heterocycles. The van der Waals surface area contributed by atoms with Crippen molar-refractivity contribution in [2.24, 2.45) is 0 Å². The van der Waals surface area contributed by atoms with Crippen molar-refractivity contribution in [3.63, 3.8) is 0 Å². The van der Waals surface area contributed by atoms with Crippen LogP contribution in [0.25, 0.3) is 0 Å². The number of ketones is 1. The lowest BCUT2D eigenvalue weighted by Gasteiger charge is -2.35. The molecule has 6 nitrogen and oxygen atoms in total. The minimum Gasteiger partial charge on any atom is -0.493 e. The Labute approximate surface area is 186 Å². The van der Waals surface area contributed by atoms with Crippen molar-refractivity contribution < 1.29 is 23.8 Å². The molecule has 31 heavy (non-hydrogen) atoms. The fourth-order valence-electron chi connectivity index (χ4n) is 4.57. The first-order chi connectivity index (χ1) is 15.0. The summed E-state index contributed by atoms with van der Waals surface area (Å²) in [4.78, 5) is 25.9. The third-order valence-electron chi connectivity index (χ3n) is 5.97. The number of carbonyl (C=O) groups excluding carboxylic acids is 2. The number of amides is 1. The van der Waals surface area contributed by atoms with Gasteiger partial charge in [-0.25, -0.2) is 0 Å². The van der Waals surface area contributed by atoms with E-state index in [-0.39, 0.29) is 29.9 Å². The van der Waals surface area contributed by atoms with E-state index >= 15 is 0 Å². The molecule has 2 aromatic carbocycles. The third kappa shape index (κ3) is 3.88. The number of Topliss-reactive ketones (excluding diaryl/α,β-unsaturated/α-hetero) is 1. The largest absolute Gasteiger partial charge is 0.493 e. The van der Waals surface area contributed by atoms with Crippen LogP contribution in [-0.4, -0.2) is 33.0 Å². The molecule has 2 atom stereocenters. The lowest BCUT2D eigenvalue weighted by atomic mass is 9.73. The van der Waals surface area contributed by atoms with E-state index in [9.17, 15) is 9.59 Å². The highest BCUT2D eigenvalue weighted by Gasteiger charge is 2.39. The summed E-state index contributed by atoms with van der Waals surface area (Å²) < 4.78 is 16.3. The molecule has 0 spiro atoms. The maximum Gasteiger partial charge on any atom is 0.225 e. The van der Waals surface area contributed by atoms with Gasteiger partial charge in [-0.15, -0.1) is 0 Å². The fourth-order valence-corrected chi connectivity index (χ4v) is 4.86. The van der Waals surface area contributed by atoms with E-state index in [1.54, 1.807) is 14.2 Å². The second kappa shape index (κ2) is 8.63. The molecule has 7 heteroatoms. The first kappa shape index (κ1) is 21.2. The smallest absolute Gasteiger partial charge is 0.225 e. The summed E-state index contributed by atoms with van der Waals surface area (Å²) in [5.41, 5.74) is 3.03. The molecule has 1 aliphatic heterocycles. The highest BCUT2D eigenvalue weighted by atomic mass is 35.5. The highest BCUT2D eigenvalue weighted by molar-refractivity contribution is 6.31. The number of carbonyl (C=O) groups is 2. The average Bonchev–Trinajstić information content (AvgIpc) is 2.77. The predicted molar refractivity (Wildman–Crippen MR) is 117 cm³/mol. The second-order valence-electron chi connectivity index (χ2n) is 7.71. The molecule has 0 radical (unpaired) electrons. The minimum atomic E-state index is -0.378. The summed E-state index contributed by atoms with van der Waals surface area (Å²) in [7, 11) is 4.62. The molecule has 2 aromatic rings. The number of allylic oxidation sites excluding steroid dienone is 2. The van der Waals surface area contributed by atoms with Crippen LogP contribution in [0.3, 0.4) is 0 Å². The lowest BCUT2D eigenvalue weighted by Crippen LogP contribution is -2.38. The SMILES string of the molecule is COc1cc([C@@H]2CC(=O)NC3=C2C(=O)C[C@@H](c2ccccc2Cl)C3)cc(OC)c1OC. The van der Waals surface area contributed by atoms with E-state index in [1.165, 1.54) is 7.11 Å². The van der Waals surface area contributed by atoms with Gasteiger partial charge in [-0.3, -0.25) is 9.59 Å². The van der Waals surface area contributed by atoms with Crippen molar-refractivity contribution in [1.29, 1.82) is 0 Å². The van der Waals surface area contributed by atoms with Crippen LogP contribution in [0.2, 0.25) is 5.02 Å². The van der Waals surface area contributed by atoms with E-state index in [0.717, 1.165) is 11.1 Å². The Balaban J connectivity index is 1.77. The number of methoxy groups -OCH3 is 3. The zero-order chi connectivity index (χ0) is 22.1. The first-order valence-corrected chi connectivity index (χ1v) is 10.4. The van der Waals surface area contributed by atoms with Crippen LogP contribution in [0.15, 0.2) is 47.7 Å². The lowest BCUT2D eigenvalue weighted by molar-refractivity contribution is -0.122. The van der Waals surface area contributed by atoms with Gasteiger partial charge in [0.25, 0.3) is 0 Å². The van der Waals surface area contributed by atoms with Gasteiger partial charge in [0.2, 0.25) is 11.7 Å². The molecule has 1 N–H and O–H groups in total. The van der Waals surface area contributed by atoms with E-state index in [1.807, 2.05) is 36.4 Å². The Morgan fingerprint density at radius 3 is 2.23 bits per heavy atom. The Morgan fingerprint density at radius 1 is 0.935 bits per heavy atom. The molecular weight excluding hydrogens is 418 g/mol. The maximum absolute atomic E-state index is 13.3. The maximum atomic E-state index is 13.3. The Kier molecular flexibility index (Phi) is 5.92. The van der Waals surface area contributed by atoms with Crippen LogP contribution in [0.4, 0.5) is 0 Å². The predicted octanol–water partition coefficient (Wildman–Crippen LogP) is 4.37. The molecule has 0 fully saturated rings. The molecule has 2 aliphatic rings. The number of nitrogens with one attached hydrogen (secondary N) is 1. The first-order valence-electron chi connectivity index (χ1n) is 10.1. The standard InChI is InChI=1S/C24H24ClNO5/c1-29-20-10-14(11-21(30-2)24(20)31-3)16-12-22(28)26-18-8-13(9-19(27)23(16)18)15-6-4-5-7-17(15)25/h4-7,10-11,13,16H,8-9,12H2,1-3H3,(H,26,28)/t13-,16-/m0/s1. The van der Waals surface area contributed by atoms with Gasteiger partial charge in [-0.05, 0) is 41.7 Å². The summed E-state index contributed by atoms with van der Waals surface area (Å²) >= 11 is 6.37.